The number of benzene rings is 3. The van der Waals surface area contributed by atoms with Gasteiger partial charge < -0.3 is 10.2 Å². The SMILES string of the molecule is O=C(Nc1ccc2ccccc2c1)[C@H]1CC(=O)N(Cc2ccccc2)C1. The molecule has 1 N–H and O–H groups in total. The predicted octanol–water partition coefficient (Wildman–Crippen LogP) is 3.83. The summed E-state index contributed by atoms with van der Waals surface area (Å²) in [5.74, 6) is -0.366. The van der Waals surface area contributed by atoms with Gasteiger partial charge in [-0.25, -0.2) is 0 Å². The van der Waals surface area contributed by atoms with E-state index in [4.69, 9.17) is 0 Å². The van der Waals surface area contributed by atoms with Gasteiger partial charge in [0.2, 0.25) is 11.8 Å². The van der Waals surface area contributed by atoms with Gasteiger partial charge in [-0.15, -0.1) is 0 Å². The lowest BCUT2D eigenvalue weighted by atomic mass is 10.1. The lowest BCUT2D eigenvalue weighted by Gasteiger charge is -2.16. The zero-order valence-corrected chi connectivity index (χ0v) is 14.4. The number of fused-ring (bicyclic) bond motifs is 1. The standard InChI is InChI=1S/C22H20N2O2/c25-21-13-19(15-24(21)14-16-6-2-1-3-7-16)22(26)23-20-11-10-17-8-4-5-9-18(17)12-20/h1-12,19H,13-15H2,(H,23,26)/t19-/m0/s1. The number of amides is 2. The van der Waals surface area contributed by atoms with Gasteiger partial charge in [-0.2, -0.15) is 0 Å². The van der Waals surface area contributed by atoms with Crippen LogP contribution in [0.2, 0.25) is 0 Å². The van der Waals surface area contributed by atoms with Crippen LogP contribution in [0.3, 0.4) is 0 Å². The molecular weight excluding hydrogens is 324 g/mol. The van der Waals surface area contributed by atoms with Crippen molar-refractivity contribution in [3.8, 4) is 0 Å². The van der Waals surface area contributed by atoms with E-state index >= 15 is 0 Å². The van der Waals surface area contributed by atoms with E-state index in [1.54, 1.807) is 4.90 Å². The second-order valence-corrected chi connectivity index (χ2v) is 6.71. The number of carbonyl (C=O) groups is 2. The van der Waals surface area contributed by atoms with E-state index in [9.17, 15) is 9.59 Å². The molecule has 1 aliphatic rings. The summed E-state index contributed by atoms with van der Waals surface area (Å²) >= 11 is 0. The highest BCUT2D eigenvalue weighted by Gasteiger charge is 2.34. The first kappa shape index (κ1) is 16.3. The Morgan fingerprint density at radius 2 is 1.69 bits per heavy atom. The molecule has 0 spiro atoms. The smallest absolute Gasteiger partial charge is 0.229 e. The van der Waals surface area contributed by atoms with Crippen molar-refractivity contribution in [3.63, 3.8) is 0 Å². The molecule has 130 valence electrons. The van der Waals surface area contributed by atoms with Gasteiger partial charge in [0.1, 0.15) is 0 Å². The summed E-state index contributed by atoms with van der Waals surface area (Å²) in [6.45, 7) is 1.02. The van der Waals surface area contributed by atoms with Crippen LogP contribution in [0, 0.1) is 5.92 Å². The van der Waals surface area contributed by atoms with E-state index < -0.39 is 0 Å². The van der Waals surface area contributed by atoms with Gasteiger partial charge in [-0.3, -0.25) is 9.59 Å². The van der Waals surface area contributed by atoms with E-state index in [2.05, 4.69) is 5.32 Å². The van der Waals surface area contributed by atoms with Gasteiger partial charge in [0.05, 0.1) is 5.92 Å². The predicted molar refractivity (Wildman–Crippen MR) is 103 cm³/mol. The fourth-order valence-electron chi connectivity index (χ4n) is 3.42. The second-order valence-electron chi connectivity index (χ2n) is 6.71. The van der Waals surface area contributed by atoms with Gasteiger partial charge in [-0.1, -0.05) is 60.7 Å². The van der Waals surface area contributed by atoms with Crippen molar-refractivity contribution in [2.75, 3.05) is 11.9 Å². The normalized spacial score (nSPS) is 16.8. The second kappa shape index (κ2) is 7.00. The molecule has 1 saturated heterocycles. The van der Waals surface area contributed by atoms with Crippen molar-refractivity contribution in [1.82, 2.24) is 4.90 Å². The van der Waals surface area contributed by atoms with Crippen LogP contribution < -0.4 is 5.32 Å². The van der Waals surface area contributed by atoms with Gasteiger partial charge >= 0.3 is 0 Å². The summed E-state index contributed by atoms with van der Waals surface area (Å²) in [6, 6.07) is 23.7. The molecule has 0 bridgehead atoms. The summed E-state index contributed by atoms with van der Waals surface area (Å²) in [6.07, 6.45) is 0.270. The first-order chi connectivity index (χ1) is 12.7. The molecule has 26 heavy (non-hydrogen) atoms. The van der Waals surface area contributed by atoms with Gasteiger partial charge in [0, 0.05) is 25.2 Å². The Balaban J connectivity index is 1.42. The Hall–Kier alpha value is -3.14. The zero-order chi connectivity index (χ0) is 17.9. The molecule has 0 unspecified atom stereocenters. The topological polar surface area (TPSA) is 49.4 Å². The number of hydrogen-bond donors (Lipinski definition) is 1. The van der Waals surface area contributed by atoms with Crippen molar-refractivity contribution < 1.29 is 9.59 Å². The number of nitrogens with one attached hydrogen (secondary N) is 1. The number of carbonyl (C=O) groups excluding carboxylic acids is 2. The van der Waals surface area contributed by atoms with E-state index in [1.807, 2.05) is 72.8 Å². The minimum atomic E-state index is -0.308. The lowest BCUT2D eigenvalue weighted by Crippen LogP contribution is -2.28. The maximum absolute atomic E-state index is 12.6. The Morgan fingerprint density at radius 1 is 0.962 bits per heavy atom. The van der Waals surface area contributed by atoms with Crippen molar-refractivity contribution in [2.45, 2.75) is 13.0 Å². The summed E-state index contributed by atoms with van der Waals surface area (Å²) in [5, 5.41) is 5.18. The summed E-state index contributed by atoms with van der Waals surface area (Å²) < 4.78 is 0. The first-order valence-corrected chi connectivity index (χ1v) is 8.80. The van der Waals surface area contributed by atoms with Gasteiger partial charge in [0.15, 0.2) is 0 Å². The highest BCUT2D eigenvalue weighted by Crippen LogP contribution is 2.23. The van der Waals surface area contributed by atoms with E-state index in [0.717, 1.165) is 22.0 Å². The summed E-state index contributed by atoms with van der Waals surface area (Å²) in [4.78, 5) is 26.6. The lowest BCUT2D eigenvalue weighted by molar-refractivity contribution is -0.128. The van der Waals surface area contributed by atoms with Crippen LogP contribution >= 0.6 is 0 Å². The van der Waals surface area contributed by atoms with Crippen LogP contribution in [0.5, 0.6) is 0 Å². The average Bonchev–Trinajstić information content (AvgIpc) is 3.03. The molecule has 4 heteroatoms. The molecule has 1 atom stereocenters. The van der Waals surface area contributed by atoms with Crippen LogP contribution in [0.1, 0.15) is 12.0 Å². The number of nitrogens with zero attached hydrogens (tertiary/aromatic N) is 1. The van der Waals surface area contributed by atoms with Crippen molar-refractivity contribution in [1.29, 1.82) is 0 Å². The number of rotatable bonds is 4. The van der Waals surface area contributed by atoms with E-state index in [0.29, 0.717) is 13.1 Å². The summed E-state index contributed by atoms with van der Waals surface area (Å²) in [7, 11) is 0. The minimum Gasteiger partial charge on any atom is -0.338 e. The molecule has 1 aliphatic heterocycles. The molecule has 3 aromatic carbocycles. The molecule has 0 radical (unpaired) electrons. The molecule has 1 fully saturated rings. The van der Waals surface area contributed by atoms with Crippen molar-refractivity contribution in [2.24, 2.45) is 5.92 Å². The summed E-state index contributed by atoms with van der Waals surface area (Å²) in [5.41, 5.74) is 1.85. The van der Waals surface area contributed by atoms with E-state index in [-0.39, 0.29) is 24.2 Å². The monoisotopic (exact) mass is 344 g/mol. The van der Waals surface area contributed by atoms with Crippen LogP contribution in [-0.2, 0) is 16.1 Å². The van der Waals surface area contributed by atoms with Crippen LogP contribution in [0.25, 0.3) is 10.8 Å². The highest BCUT2D eigenvalue weighted by molar-refractivity contribution is 5.98. The molecule has 0 aliphatic carbocycles. The third-order valence-electron chi connectivity index (χ3n) is 4.82. The highest BCUT2D eigenvalue weighted by atomic mass is 16.2. The molecule has 0 aromatic heterocycles. The maximum Gasteiger partial charge on any atom is 0.229 e. The van der Waals surface area contributed by atoms with Crippen molar-refractivity contribution in [3.05, 3.63) is 78.4 Å². The quantitative estimate of drug-likeness (QED) is 0.782. The largest absolute Gasteiger partial charge is 0.338 e. The van der Waals surface area contributed by atoms with Gasteiger partial charge in [0.25, 0.3) is 0 Å². The Kier molecular flexibility index (Phi) is 4.40. The zero-order valence-electron chi connectivity index (χ0n) is 14.4. The molecular formula is C22H20N2O2. The Labute approximate surface area is 152 Å². The molecule has 0 saturated carbocycles. The van der Waals surface area contributed by atoms with Crippen LogP contribution in [0.4, 0.5) is 5.69 Å². The van der Waals surface area contributed by atoms with Gasteiger partial charge in [-0.05, 0) is 28.5 Å². The maximum atomic E-state index is 12.6. The molecule has 3 aromatic rings. The van der Waals surface area contributed by atoms with Crippen LogP contribution in [-0.4, -0.2) is 23.3 Å². The Bertz CT molecular complexity index is 953. The molecule has 4 rings (SSSR count). The third-order valence-corrected chi connectivity index (χ3v) is 4.82. The van der Waals surface area contributed by atoms with Crippen molar-refractivity contribution >= 4 is 28.3 Å². The molecule has 1 heterocycles. The average molecular weight is 344 g/mol. The minimum absolute atomic E-state index is 0.0347. The molecule has 4 nitrogen and oxygen atoms in total. The fourth-order valence-corrected chi connectivity index (χ4v) is 3.42. The number of hydrogen-bond acceptors (Lipinski definition) is 2. The van der Waals surface area contributed by atoms with E-state index in [1.165, 1.54) is 0 Å². The first-order valence-electron chi connectivity index (χ1n) is 8.80. The third kappa shape index (κ3) is 3.45. The number of likely N-dealkylation sites (tertiary alicyclic amines) is 1. The van der Waals surface area contributed by atoms with Crippen LogP contribution in [0.15, 0.2) is 72.8 Å². The molecule has 2 amide bonds. The Morgan fingerprint density at radius 3 is 2.50 bits per heavy atom. The fraction of sp³-hybridized carbons (Fsp3) is 0.182. The number of anilines is 1.